The zero-order chi connectivity index (χ0) is 23.1. The Kier molecular flexibility index (Phi) is 5.82. The van der Waals surface area contributed by atoms with Crippen LogP contribution in [0.5, 0.6) is 17.2 Å². The molecule has 0 radical (unpaired) electrons. The Balaban J connectivity index is 1.46. The summed E-state index contributed by atoms with van der Waals surface area (Å²) in [5, 5.41) is 0. The number of hydrogen-bond donors (Lipinski definition) is 0. The highest BCUT2D eigenvalue weighted by molar-refractivity contribution is 9.10. The molecule has 0 saturated heterocycles. The molecule has 0 aliphatic carbocycles. The molecule has 0 N–H and O–H groups in total. The molecule has 2 heterocycles. The lowest BCUT2D eigenvalue weighted by Gasteiger charge is -2.20. The Hall–Kier alpha value is -2.94. The topological polar surface area (TPSA) is 71.1 Å². The SMILES string of the molecule is Cc1c(OC(=O)c2ccccc2Br)ccc2c1O/C(=C\c1cc(Br)cc3c1OCOC3)C2=O. The molecule has 0 bridgehead atoms. The number of carbonyl (C=O) groups is 2. The van der Waals surface area contributed by atoms with Crippen molar-refractivity contribution in [1.29, 1.82) is 0 Å². The number of ketones is 1. The lowest BCUT2D eigenvalue weighted by molar-refractivity contribution is -0.0165. The molecule has 5 rings (SSSR count). The predicted octanol–water partition coefficient (Wildman–Crippen LogP) is 6.22. The maximum Gasteiger partial charge on any atom is 0.344 e. The standard InChI is InChI=1S/C25H16Br2O6/c1-13-20(33-25(29)17-4-2-3-5-19(17)27)7-6-18-22(28)21(32-23(13)18)10-14-8-16(26)9-15-11-30-12-31-24(14)15/h2-10H,11-12H2,1H3/b21-10-. The molecule has 0 amide bonds. The van der Waals surface area contributed by atoms with Gasteiger partial charge in [0.05, 0.1) is 17.7 Å². The molecule has 3 aromatic rings. The predicted molar refractivity (Wildman–Crippen MR) is 128 cm³/mol. The van der Waals surface area contributed by atoms with Gasteiger partial charge in [0.1, 0.15) is 17.2 Å². The van der Waals surface area contributed by atoms with Gasteiger partial charge in [0.25, 0.3) is 0 Å². The van der Waals surface area contributed by atoms with Crippen LogP contribution >= 0.6 is 31.9 Å². The molecular formula is C25H16Br2O6. The largest absolute Gasteiger partial charge is 0.467 e. The van der Waals surface area contributed by atoms with Gasteiger partial charge in [-0.1, -0.05) is 28.1 Å². The van der Waals surface area contributed by atoms with Crippen molar-refractivity contribution in [3.05, 3.63) is 91.1 Å². The summed E-state index contributed by atoms with van der Waals surface area (Å²) in [6, 6.07) is 14.0. The van der Waals surface area contributed by atoms with Crippen LogP contribution in [0.25, 0.3) is 6.08 Å². The van der Waals surface area contributed by atoms with Gasteiger partial charge in [0.15, 0.2) is 12.6 Å². The Morgan fingerprint density at radius 3 is 2.73 bits per heavy atom. The van der Waals surface area contributed by atoms with E-state index in [0.717, 1.165) is 10.0 Å². The molecule has 0 unspecified atom stereocenters. The number of hydrogen-bond acceptors (Lipinski definition) is 6. The Bertz CT molecular complexity index is 1340. The summed E-state index contributed by atoms with van der Waals surface area (Å²) in [6.07, 6.45) is 1.66. The fourth-order valence-corrected chi connectivity index (χ4v) is 4.69. The van der Waals surface area contributed by atoms with E-state index in [4.69, 9.17) is 18.9 Å². The van der Waals surface area contributed by atoms with Gasteiger partial charge >= 0.3 is 5.97 Å². The summed E-state index contributed by atoms with van der Waals surface area (Å²) in [6.45, 7) is 2.32. The van der Waals surface area contributed by atoms with Crippen molar-refractivity contribution >= 4 is 49.7 Å². The van der Waals surface area contributed by atoms with Gasteiger partial charge in [-0.15, -0.1) is 0 Å². The van der Waals surface area contributed by atoms with Crippen LogP contribution in [0.2, 0.25) is 0 Å². The van der Waals surface area contributed by atoms with Crippen LogP contribution in [0.3, 0.4) is 0 Å². The monoisotopic (exact) mass is 570 g/mol. The second-order valence-corrected chi connectivity index (χ2v) is 9.24. The third-order valence-electron chi connectivity index (χ3n) is 5.32. The number of halogens is 2. The van der Waals surface area contributed by atoms with Crippen molar-refractivity contribution < 1.29 is 28.5 Å². The molecular weight excluding hydrogens is 556 g/mol. The number of fused-ring (bicyclic) bond motifs is 2. The van der Waals surface area contributed by atoms with Crippen LogP contribution in [-0.2, 0) is 11.3 Å². The molecule has 8 heteroatoms. The van der Waals surface area contributed by atoms with Crippen LogP contribution in [0, 0.1) is 6.92 Å². The Morgan fingerprint density at radius 2 is 1.91 bits per heavy atom. The van der Waals surface area contributed by atoms with Crippen molar-refractivity contribution in [1.82, 2.24) is 0 Å². The van der Waals surface area contributed by atoms with Gasteiger partial charge < -0.3 is 18.9 Å². The summed E-state index contributed by atoms with van der Waals surface area (Å²) in [5.41, 5.74) is 2.96. The highest BCUT2D eigenvalue weighted by Crippen LogP contribution is 2.41. The second-order valence-electron chi connectivity index (χ2n) is 7.47. The molecule has 6 nitrogen and oxygen atoms in total. The average molecular weight is 572 g/mol. The number of carbonyl (C=O) groups excluding carboxylic acids is 2. The molecule has 2 aliphatic rings. The Labute approximate surface area is 206 Å². The minimum absolute atomic E-state index is 0.144. The number of allylic oxidation sites excluding steroid dienone is 1. The molecule has 0 spiro atoms. The quantitative estimate of drug-likeness (QED) is 0.211. The fourth-order valence-electron chi connectivity index (χ4n) is 3.72. The van der Waals surface area contributed by atoms with Crippen LogP contribution in [0.1, 0.15) is 37.4 Å². The third-order valence-corrected chi connectivity index (χ3v) is 6.47. The summed E-state index contributed by atoms with van der Waals surface area (Å²) in [5.74, 6) is 0.755. The molecule has 0 fully saturated rings. The first kappa shape index (κ1) is 21.9. The number of benzene rings is 3. The fraction of sp³-hybridized carbons (Fsp3) is 0.120. The minimum Gasteiger partial charge on any atom is -0.467 e. The van der Waals surface area contributed by atoms with Gasteiger partial charge in [-0.2, -0.15) is 0 Å². The van der Waals surface area contributed by atoms with Crippen LogP contribution in [0.15, 0.2) is 63.2 Å². The van der Waals surface area contributed by atoms with E-state index < -0.39 is 5.97 Å². The van der Waals surface area contributed by atoms with Gasteiger partial charge in [0, 0.05) is 25.6 Å². The van der Waals surface area contributed by atoms with Gasteiger partial charge in [-0.05, 0) is 65.3 Å². The maximum atomic E-state index is 13.0. The minimum atomic E-state index is -0.509. The van der Waals surface area contributed by atoms with Gasteiger partial charge in [-0.3, -0.25) is 4.79 Å². The van der Waals surface area contributed by atoms with E-state index >= 15 is 0 Å². The van der Waals surface area contributed by atoms with E-state index in [1.807, 2.05) is 18.2 Å². The van der Waals surface area contributed by atoms with Crippen LogP contribution < -0.4 is 14.2 Å². The normalized spacial score (nSPS) is 15.5. The van der Waals surface area contributed by atoms with Crippen molar-refractivity contribution in [3.63, 3.8) is 0 Å². The number of Topliss-reactive ketones (excluding diaryl/α,β-unsaturated/α-hetero) is 1. The lowest BCUT2D eigenvalue weighted by atomic mass is 10.0. The molecule has 166 valence electrons. The molecule has 0 aromatic heterocycles. The van der Waals surface area contributed by atoms with E-state index in [0.29, 0.717) is 50.6 Å². The third kappa shape index (κ3) is 4.10. The maximum absolute atomic E-state index is 13.0. The van der Waals surface area contributed by atoms with Gasteiger partial charge in [0.2, 0.25) is 5.78 Å². The zero-order valence-corrected chi connectivity index (χ0v) is 20.5. The average Bonchev–Trinajstić information content (AvgIpc) is 3.12. The molecule has 33 heavy (non-hydrogen) atoms. The number of rotatable bonds is 3. The van der Waals surface area contributed by atoms with Crippen molar-refractivity contribution in [3.8, 4) is 17.2 Å². The van der Waals surface area contributed by atoms with Crippen molar-refractivity contribution in [2.75, 3.05) is 6.79 Å². The van der Waals surface area contributed by atoms with E-state index in [9.17, 15) is 9.59 Å². The van der Waals surface area contributed by atoms with E-state index in [1.165, 1.54) is 0 Å². The number of ether oxygens (including phenoxy) is 4. The highest BCUT2D eigenvalue weighted by Gasteiger charge is 2.31. The van der Waals surface area contributed by atoms with E-state index in [-0.39, 0.29) is 18.3 Å². The first-order valence-corrected chi connectivity index (χ1v) is 11.6. The summed E-state index contributed by atoms with van der Waals surface area (Å²) in [7, 11) is 0. The van der Waals surface area contributed by atoms with Crippen molar-refractivity contribution in [2.24, 2.45) is 0 Å². The molecule has 3 aromatic carbocycles. The first-order valence-electron chi connectivity index (χ1n) is 10.00. The van der Waals surface area contributed by atoms with Crippen LogP contribution in [0.4, 0.5) is 0 Å². The van der Waals surface area contributed by atoms with Crippen LogP contribution in [-0.4, -0.2) is 18.5 Å². The molecule has 0 atom stereocenters. The zero-order valence-electron chi connectivity index (χ0n) is 17.3. The smallest absolute Gasteiger partial charge is 0.344 e. The molecule has 0 saturated carbocycles. The molecule has 2 aliphatic heterocycles. The summed E-state index contributed by atoms with van der Waals surface area (Å²) >= 11 is 6.84. The summed E-state index contributed by atoms with van der Waals surface area (Å²) < 4.78 is 24.0. The second kappa shape index (κ2) is 8.78. The van der Waals surface area contributed by atoms with Crippen molar-refractivity contribution in [2.45, 2.75) is 13.5 Å². The van der Waals surface area contributed by atoms with Gasteiger partial charge in [-0.25, -0.2) is 4.79 Å². The van der Waals surface area contributed by atoms with E-state index in [2.05, 4.69) is 31.9 Å². The van der Waals surface area contributed by atoms with E-state index in [1.54, 1.807) is 43.3 Å². The summed E-state index contributed by atoms with van der Waals surface area (Å²) in [4.78, 5) is 25.6. The Morgan fingerprint density at radius 1 is 1.09 bits per heavy atom. The first-order chi connectivity index (χ1) is 15.9. The highest BCUT2D eigenvalue weighted by atomic mass is 79.9. The lowest BCUT2D eigenvalue weighted by Crippen LogP contribution is -2.12. The number of esters is 1.